The lowest BCUT2D eigenvalue weighted by atomic mass is 9.80. The fraction of sp³-hybridized carbons (Fsp3) is 0.471. The SMILES string of the molecule is Cc1cc(=O)oc2cc3c(cc12)[C@@H](C)CC(C)(C)N3C. The lowest BCUT2D eigenvalue weighted by molar-refractivity contribution is 0.395. The number of fused-ring (bicyclic) bond motifs is 2. The lowest BCUT2D eigenvalue weighted by Gasteiger charge is -2.45. The van der Waals surface area contributed by atoms with E-state index in [2.05, 4.69) is 38.8 Å². The summed E-state index contributed by atoms with van der Waals surface area (Å²) in [6, 6.07) is 5.78. The highest BCUT2D eigenvalue weighted by Gasteiger charge is 2.34. The number of benzene rings is 1. The molecule has 1 aromatic carbocycles. The molecule has 3 nitrogen and oxygen atoms in total. The molecule has 3 heteroatoms. The Bertz CT molecular complexity index is 742. The maximum atomic E-state index is 11.6. The van der Waals surface area contributed by atoms with Crippen LogP contribution in [-0.2, 0) is 0 Å². The first-order valence-electron chi connectivity index (χ1n) is 7.12. The summed E-state index contributed by atoms with van der Waals surface area (Å²) < 4.78 is 5.38. The lowest BCUT2D eigenvalue weighted by Crippen LogP contribution is -2.45. The van der Waals surface area contributed by atoms with Gasteiger partial charge in [0.25, 0.3) is 0 Å². The second kappa shape index (κ2) is 4.11. The zero-order valence-electron chi connectivity index (χ0n) is 12.8. The Labute approximate surface area is 119 Å². The van der Waals surface area contributed by atoms with E-state index in [-0.39, 0.29) is 11.2 Å². The summed E-state index contributed by atoms with van der Waals surface area (Å²) in [6.45, 7) is 8.74. The van der Waals surface area contributed by atoms with E-state index >= 15 is 0 Å². The van der Waals surface area contributed by atoms with E-state index in [1.807, 2.05) is 13.0 Å². The molecular weight excluding hydrogens is 250 g/mol. The third kappa shape index (κ3) is 1.84. The molecule has 0 N–H and O–H groups in total. The molecule has 0 unspecified atom stereocenters. The van der Waals surface area contributed by atoms with E-state index in [1.165, 1.54) is 11.3 Å². The average Bonchev–Trinajstić information content (AvgIpc) is 2.34. The van der Waals surface area contributed by atoms with Crippen molar-refractivity contribution in [3.63, 3.8) is 0 Å². The van der Waals surface area contributed by atoms with Gasteiger partial charge in [0.05, 0.1) is 0 Å². The number of nitrogens with zero attached hydrogens (tertiary/aromatic N) is 1. The fourth-order valence-electron chi connectivity index (χ4n) is 3.38. The third-order valence-corrected chi connectivity index (χ3v) is 4.70. The second-order valence-corrected chi connectivity index (χ2v) is 6.63. The number of rotatable bonds is 0. The number of anilines is 1. The first kappa shape index (κ1) is 13.2. The molecule has 1 atom stereocenters. The topological polar surface area (TPSA) is 33.5 Å². The Balaban J connectivity index is 2.34. The molecule has 1 aliphatic heterocycles. The summed E-state index contributed by atoms with van der Waals surface area (Å²) in [5.74, 6) is 0.506. The van der Waals surface area contributed by atoms with E-state index in [0.717, 1.165) is 17.4 Å². The Hall–Kier alpha value is -1.77. The first-order valence-corrected chi connectivity index (χ1v) is 7.12. The van der Waals surface area contributed by atoms with Crippen LogP contribution in [0.1, 0.15) is 44.2 Å². The van der Waals surface area contributed by atoms with Gasteiger partial charge in [-0.05, 0) is 50.3 Å². The van der Waals surface area contributed by atoms with Crippen molar-refractivity contribution in [2.75, 3.05) is 11.9 Å². The van der Waals surface area contributed by atoms with Crippen LogP contribution in [0.4, 0.5) is 5.69 Å². The van der Waals surface area contributed by atoms with Crippen molar-refractivity contribution in [2.24, 2.45) is 0 Å². The van der Waals surface area contributed by atoms with Gasteiger partial charge in [0, 0.05) is 35.8 Å². The average molecular weight is 271 g/mol. The number of hydrogen-bond acceptors (Lipinski definition) is 3. The summed E-state index contributed by atoms with van der Waals surface area (Å²) in [4.78, 5) is 13.9. The quantitative estimate of drug-likeness (QED) is 0.683. The van der Waals surface area contributed by atoms with E-state index in [4.69, 9.17) is 4.42 Å². The molecule has 0 amide bonds. The molecule has 106 valence electrons. The van der Waals surface area contributed by atoms with Gasteiger partial charge in [0.2, 0.25) is 0 Å². The summed E-state index contributed by atoms with van der Waals surface area (Å²) in [5, 5.41) is 1.04. The molecule has 0 bridgehead atoms. The summed E-state index contributed by atoms with van der Waals surface area (Å²) >= 11 is 0. The van der Waals surface area contributed by atoms with Crippen LogP contribution < -0.4 is 10.5 Å². The van der Waals surface area contributed by atoms with Crippen LogP contribution in [0.2, 0.25) is 0 Å². The van der Waals surface area contributed by atoms with Gasteiger partial charge in [-0.15, -0.1) is 0 Å². The standard InChI is InChI=1S/C17H21NO2/c1-10-6-16(19)20-15-8-14-12(7-13(10)15)11(2)9-17(3,4)18(14)5/h6-8,11H,9H2,1-5H3/t11-/m0/s1. The zero-order valence-corrected chi connectivity index (χ0v) is 12.8. The molecular formula is C17H21NO2. The van der Waals surface area contributed by atoms with Crippen molar-refractivity contribution in [3.8, 4) is 0 Å². The molecule has 2 heterocycles. The molecule has 1 aliphatic rings. The molecule has 20 heavy (non-hydrogen) atoms. The molecule has 0 aliphatic carbocycles. The van der Waals surface area contributed by atoms with Crippen LogP contribution in [0.3, 0.4) is 0 Å². The normalized spacial score (nSPS) is 21.1. The van der Waals surface area contributed by atoms with E-state index in [1.54, 1.807) is 6.07 Å². The number of hydrogen-bond donors (Lipinski definition) is 0. The Kier molecular flexibility index (Phi) is 2.72. The molecule has 2 aromatic rings. The zero-order chi connectivity index (χ0) is 14.7. The van der Waals surface area contributed by atoms with Crippen LogP contribution in [0.15, 0.2) is 27.4 Å². The highest BCUT2D eigenvalue weighted by atomic mass is 16.4. The van der Waals surface area contributed by atoms with E-state index < -0.39 is 0 Å². The monoisotopic (exact) mass is 271 g/mol. The summed E-state index contributed by atoms with van der Waals surface area (Å²) in [7, 11) is 2.12. The Morgan fingerprint density at radius 3 is 2.70 bits per heavy atom. The molecule has 0 saturated carbocycles. The smallest absolute Gasteiger partial charge is 0.336 e. The number of aryl methyl sites for hydroxylation is 1. The minimum atomic E-state index is -0.277. The van der Waals surface area contributed by atoms with Gasteiger partial charge in [-0.2, -0.15) is 0 Å². The largest absolute Gasteiger partial charge is 0.423 e. The van der Waals surface area contributed by atoms with Gasteiger partial charge in [-0.3, -0.25) is 0 Å². The molecule has 0 fully saturated rings. The molecule has 0 spiro atoms. The molecule has 1 aromatic heterocycles. The van der Waals surface area contributed by atoms with Crippen molar-refractivity contribution >= 4 is 16.7 Å². The highest BCUT2D eigenvalue weighted by Crippen LogP contribution is 2.44. The Morgan fingerprint density at radius 1 is 1.30 bits per heavy atom. The van der Waals surface area contributed by atoms with Crippen molar-refractivity contribution in [1.29, 1.82) is 0 Å². The van der Waals surface area contributed by atoms with Crippen LogP contribution in [0.25, 0.3) is 11.0 Å². The molecule has 3 rings (SSSR count). The minimum absolute atomic E-state index is 0.115. The molecule has 0 saturated heterocycles. The van der Waals surface area contributed by atoms with Crippen LogP contribution in [0, 0.1) is 6.92 Å². The van der Waals surface area contributed by atoms with E-state index in [0.29, 0.717) is 11.5 Å². The second-order valence-electron chi connectivity index (χ2n) is 6.63. The van der Waals surface area contributed by atoms with Gasteiger partial charge >= 0.3 is 5.63 Å². The summed E-state index contributed by atoms with van der Waals surface area (Å²) in [6.07, 6.45) is 1.12. The van der Waals surface area contributed by atoms with E-state index in [9.17, 15) is 4.79 Å². The predicted octanol–water partition coefficient (Wildman–Crippen LogP) is 3.82. The van der Waals surface area contributed by atoms with Crippen LogP contribution >= 0.6 is 0 Å². The van der Waals surface area contributed by atoms with Crippen molar-refractivity contribution in [2.45, 2.75) is 45.6 Å². The Morgan fingerprint density at radius 2 is 2.00 bits per heavy atom. The van der Waals surface area contributed by atoms with Gasteiger partial charge in [0.15, 0.2) is 0 Å². The van der Waals surface area contributed by atoms with Gasteiger partial charge in [-0.25, -0.2) is 4.79 Å². The minimum Gasteiger partial charge on any atom is -0.423 e. The maximum absolute atomic E-state index is 11.6. The van der Waals surface area contributed by atoms with Crippen molar-refractivity contribution < 1.29 is 4.42 Å². The predicted molar refractivity (Wildman–Crippen MR) is 82.7 cm³/mol. The first-order chi connectivity index (χ1) is 9.29. The maximum Gasteiger partial charge on any atom is 0.336 e. The van der Waals surface area contributed by atoms with Crippen LogP contribution in [-0.4, -0.2) is 12.6 Å². The summed E-state index contributed by atoms with van der Waals surface area (Å²) in [5.41, 5.74) is 4.03. The van der Waals surface area contributed by atoms with Gasteiger partial charge in [0.1, 0.15) is 5.58 Å². The van der Waals surface area contributed by atoms with Gasteiger partial charge < -0.3 is 9.32 Å². The van der Waals surface area contributed by atoms with Crippen LogP contribution in [0.5, 0.6) is 0 Å². The van der Waals surface area contributed by atoms with Crippen molar-refractivity contribution in [3.05, 3.63) is 39.7 Å². The highest BCUT2D eigenvalue weighted by molar-refractivity contribution is 5.86. The third-order valence-electron chi connectivity index (χ3n) is 4.70. The fourth-order valence-corrected chi connectivity index (χ4v) is 3.38. The molecule has 0 radical (unpaired) electrons. The van der Waals surface area contributed by atoms with Crippen molar-refractivity contribution in [1.82, 2.24) is 0 Å². The van der Waals surface area contributed by atoms with Gasteiger partial charge in [-0.1, -0.05) is 6.92 Å².